The third-order valence-corrected chi connectivity index (χ3v) is 6.09. The number of ether oxygens (including phenoxy) is 1. The second-order valence-corrected chi connectivity index (χ2v) is 7.54. The number of fused-ring (bicyclic) bond motifs is 2. The van der Waals surface area contributed by atoms with Gasteiger partial charge in [0, 0.05) is 0 Å². The van der Waals surface area contributed by atoms with Gasteiger partial charge < -0.3 is 15.2 Å². The Hall–Kier alpha value is -2.04. The zero-order valence-electron chi connectivity index (χ0n) is 15.0. The van der Waals surface area contributed by atoms with Gasteiger partial charge in [-0.15, -0.1) is 0 Å². The van der Waals surface area contributed by atoms with Gasteiger partial charge in [-0.3, -0.25) is 4.79 Å². The first kappa shape index (κ1) is 17.8. The minimum Gasteiger partial charge on any atom is -0.497 e. The van der Waals surface area contributed by atoms with Crippen LogP contribution < -0.4 is 10.1 Å². The molecule has 5 heteroatoms. The van der Waals surface area contributed by atoms with Gasteiger partial charge in [-0.05, 0) is 61.6 Å². The van der Waals surface area contributed by atoms with E-state index in [9.17, 15) is 14.7 Å². The summed E-state index contributed by atoms with van der Waals surface area (Å²) >= 11 is 0. The minimum absolute atomic E-state index is 0.0863. The lowest BCUT2D eigenvalue weighted by molar-refractivity contribution is -0.145. The third-order valence-electron chi connectivity index (χ3n) is 6.09. The van der Waals surface area contributed by atoms with Crippen molar-refractivity contribution < 1.29 is 19.4 Å². The lowest BCUT2D eigenvalue weighted by atomic mass is 9.68. The van der Waals surface area contributed by atoms with E-state index in [4.69, 9.17) is 4.74 Å². The Balaban J connectivity index is 1.86. The van der Waals surface area contributed by atoms with Crippen LogP contribution in [0.5, 0.6) is 5.75 Å². The predicted molar refractivity (Wildman–Crippen MR) is 94.4 cm³/mol. The molecule has 5 nitrogen and oxygen atoms in total. The summed E-state index contributed by atoms with van der Waals surface area (Å²) in [7, 11) is 1.64. The summed E-state index contributed by atoms with van der Waals surface area (Å²) in [5.74, 6) is 0.668. The van der Waals surface area contributed by atoms with E-state index in [0.29, 0.717) is 24.7 Å². The molecule has 0 aromatic heterocycles. The van der Waals surface area contributed by atoms with Crippen LogP contribution in [0.1, 0.15) is 44.6 Å². The van der Waals surface area contributed by atoms with Gasteiger partial charge in [-0.1, -0.05) is 25.5 Å². The molecular weight excluding hydrogens is 318 g/mol. The summed E-state index contributed by atoms with van der Waals surface area (Å²) in [6, 6.07) is 7.04. The Labute approximate surface area is 148 Å². The van der Waals surface area contributed by atoms with Gasteiger partial charge in [-0.25, -0.2) is 4.79 Å². The van der Waals surface area contributed by atoms with Crippen molar-refractivity contribution in [1.29, 1.82) is 0 Å². The van der Waals surface area contributed by atoms with Gasteiger partial charge in [0.1, 0.15) is 11.8 Å². The molecule has 1 amide bonds. The van der Waals surface area contributed by atoms with Crippen LogP contribution in [0.25, 0.3) is 0 Å². The molecule has 0 saturated heterocycles. The van der Waals surface area contributed by atoms with Gasteiger partial charge in [0.05, 0.1) is 12.5 Å². The molecule has 1 aromatic rings. The average molecular weight is 345 g/mol. The van der Waals surface area contributed by atoms with E-state index in [1.807, 2.05) is 24.3 Å². The molecular formula is C20H27NO4. The average Bonchev–Trinajstić information content (AvgIpc) is 3.20. The zero-order chi connectivity index (χ0) is 18.0. The Morgan fingerprint density at radius 2 is 2.20 bits per heavy atom. The van der Waals surface area contributed by atoms with E-state index in [-0.39, 0.29) is 5.91 Å². The predicted octanol–water partition coefficient (Wildman–Crippen LogP) is 3.02. The number of benzene rings is 1. The third kappa shape index (κ3) is 3.37. The molecule has 25 heavy (non-hydrogen) atoms. The van der Waals surface area contributed by atoms with Gasteiger partial charge in [0.2, 0.25) is 5.91 Å². The van der Waals surface area contributed by atoms with E-state index in [2.05, 4.69) is 5.32 Å². The first-order valence-electron chi connectivity index (χ1n) is 9.15. The maximum Gasteiger partial charge on any atom is 0.326 e. The van der Waals surface area contributed by atoms with Crippen molar-refractivity contribution in [2.45, 2.75) is 51.5 Å². The summed E-state index contributed by atoms with van der Waals surface area (Å²) in [5.41, 5.74) is 0.587. The molecule has 0 spiro atoms. The fourth-order valence-electron chi connectivity index (χ4n) is 4.81. The first-order valence-corrected chi connectivity index (χ1v) is 9.15. The number of nitrogens with one attached hydrogen (secondary N) is 1. The van der Waals surface area contributed by atoms with Crippen LogP contribution in [0.3, 0.4) is 0 Å². The van der Waals surface area contributed by atoms with Crippen molar-refractivity contribution in [2.24, 2.45) is 17.3 Å². The van der Waals surface area contributed by atoms with Gasteiger partial charge in [-0.2, -0.15) is 0 Å². The SMILES string of the molecule is CCC(NC(=O)C1(Cc2cccc(OC)c2)CC2CCC1C2)C(=O)O. The molecule has 1 aromatic carbocycles. The summed E-state index contributed by atoms with van der Waals surface area (Å²) in [4.78, 5) is 24.5. The first-order chi connectivity index (χ1) is 12.0. The lowest BCUT2D eigenvalue weighted by Gasteiger charge is -2.37. The molecule has 136 valence electrons. The monoisotopic (exact) mass is 345 g/mol. The van der Waals surface area contributed by atoms with Crippen molar-refractivity contribution in [3.8, 4) is 5.75 Å². The van der Waals surface area contributed by atoms with E-state index in [1.165, 1.54) is 6.42 Å². The van der Waals surface area contributed by atoms with E-state index in [1.54, 1.807) is 14.0 Å². The maximum atomic E-state index is 13.2. The Bertz CT molecular complexity index is 659. The number of carbonyl (C=O) groups is 2. The quantitative estimate of drug-likeness (QED) is 0.796. The molecule has 4 unspecified atom stereocenters. The summed E-state index contributed by atoms with van der Waals surface area (Å²) in [6.07, 6.45) is 5.23. The van der Waals surface area contributed by atoms with Crippen molar-refractivity contribution in [1.82, 2.24) is 5.32 Å². The highest BCUT2D eigenvalue weighted by Crippen LogP contribution is 2.57. The van der Waals surface area contributed by atoms with Gasteiger partial charge in [0.25, 0.3) is 0 Å². The number of aliphatic carboxylic acids is 1. The van der Waals surface area contributed by atoms with E-state index >= 15 is 0 Å². The largest absolute Gasteiger partial charge is 0.497 e. The number of hydrogen-bond donors (Lipinski definition) is 2. The highest BCUT2D eigenvalue weighted by molar-refractivity contribution is 5.88. The Morgan fingerprint density at radius 3 is 2.76 bits per heavy atom. The van der Waals surface area contributed by atoms with Crippen molar-refractivity contribution >= 4 is 11.9 Å². The molecule has 4 atom stereocenters. The van der Waals surface area contributed by atoms with E-state index in [0.717, 1.165) is 30.6 Å². The highest BCUT2D eigenvalue weighted by Gasteiger charge is 2.55. The molecule has 2 bridgehead atoms. The lowest BCUT2D eigenvalue weighted by Crippen LogP contribution is -2.51. The van der Waals surface area contributed by atoms with Crippen molar-refractivity contribution in [3.05, 3.63) is 29.8 Å². The second kappa shape index (κ2) is 7.06. The highest BCUT2D eigenvalue weighted by atomic mass is 16.5. The Morgan fingerprint density at radius 1 is 1.40 bits per heavy atom. The number of methoxy groups -OCH3 is 1. The molecule has 2 saturated carbocycles. The van der Waals surface area contributed by atoms with Crippen LogP contribution >= 0.6 is 0 Å². The normalized spacial score (nSPS) is 28.6. The number of amides is 1. The van der Waals surface area contributed by atoms with Crippen LogP contribution in [0, 0.1) is 17.3 Å². The molecule has 2 fully saturated rings. The summed E-state index contributed by atoms with van der Waals surface area (Å²) < 4.78 is 5.31. The van der Waals surface area contributed by atoms with Gasteiger partial charge in [0.15, 0.2) is 0 Å². The molecule has 0 aliphatic heterocycles. The number of carboxylic acids is 1. The van der Waals surface area contributed by atoms with Crippen molar-refractivity contribution in [3.63, 3.8) is 0 Å². The molecule has 2 N–H and O–H groups in total. The molecule has 2 aliphatic carbocycles. The molecule has 2 aliphatic rings. The number of hydrogen-bond acceptors (Lipinski definition) is 3. The minimum atomic E-state index is -0.962. The smallest absolute Gasteiger partial charge is 0.326 e. The fourth-order valence-corrected chi connectivity index (χ4v) is 4.81. The van der Waals surface area contributed by atoms with Crippen LogP contribution in [-0.4, -0.2) is 30.1 Å². The van der Waals surface area contributed by atoms with Crippen LogP contribution in [0.4, 0.5) is 0 Å². The van der Waals surface area contributed by atoms with Crippen LogP contribution in [0.15, 0.2) is 24.3 Å². The molecule has 0 radical (unpaired) electrons. The number of carboxylic acid groups (broad SMARTS) is 1. The van der Waals surface area contributed by atoms with Crippen molar-refractivity contribution in [2.75, 3.05) is 7.11 Å². The second-order valence-electron chi connectivity index (χ2n) is 7.54. The topological polar surface area (TPSA) is 75.6 Å². The van der Waals surface area contributed by atoms with Crippen LogP contribution in [-0.2, 0) is 16.0 Å². The fraction of sp³-hybridized carbons (Fsp3) is 0.600. The summed E-state index contributed by atoms with van der Waals surface area (Å²) in [6.45, 7) is 1.79. The molecule has 0 heterocycles. The van der Waals surface area contributed by atoms with Crippen LogP contribution in [0.2, 0.25) is 0 Å². The Kier molecular flexibility index (Phi) is 5.02. The number of carbonyl (C=O) groups excluding carboxylic acids is 1. The zero-order valence-corrected chi connectivity index (χ0v) is 15.0. The number of rotatable bonds is 7. The van der Waals surface area contributed by atoms with Gasteiger partial charge >= 0.3 is 5.97 Å². The maximum absolute atomic E-state index is 13.2. The summed E-state index contributed by atoms with van der Waals surface area (Å²) in [5, 5.41) is 12.1. The standard InChI is InChI=1S/C20H27NO4/c1-3-17(18(22)23)21-19(24)20(12-14-7-8-15(20)9-14)11-13-5-4-6-16(10-13)25-2/h4-6,10,14-15,17H,3,7-9,11-12H2,1-2H3,(H,21,24)(H,22,23). The van der Waals surface area contributed by atoms with E-state index < -0.39 is 17.4 Å². The molecule has 3 rings (SSSR count).